The van der Waals surface area contributed by atoms with Crippen LogP contribution in [0.1, 0.15) is 61.8 Å². The maximum atomic E-state index is 12.6. The predicted molar refractivity (Wildman–Crippen MR) is 110 cm³/mol. The molecular formula is C19H37N5O6. The van der Waals surface area contributed by atoms with Gasteiger partial charge in [0.05, 0.1) is 0 Å². The fourth-order valence-corrected chi connectivity index (χ4v) is 2.42. The Morgan fingerprint density at radius 2 is 1.47 bits per heavy atom. The molecule has 0 radical (unpaired) electrons. The molecule has 4 amide bonds. The molecule has 11 heteroatoms. The van der Waals surface area contributed by atoms with Crippen LogP contribution in [0.25, 0.3) is 0 Å². The Balaban J connectivity index is 4.92. The summed E-state index contributed by atoms with van der Waals surface area (Å²) in [7, 11) is 0. The topological polar surface area (TPSA) is 158 Å². The van der Waals surface area contributed by atoms with Crippen molar-refractivity contribution in [3.63, 3.8) is 0 Å². The van der Waals surface area contributed by atoms with E-state index in [2.05, 4.69) is 21.5 Å². The minimum atomic E-state index is -0.955. The summed E-state index contributed by atoms with van der Waals surface area (Å²) in [6.07, 6.45) is -0.423. The summed E-state index contributed by atoms with van der Waals surface area (Å²) in [5.74, 6) is -1.97. The van der Waals surface area contributed by atoms with Gasteiger partial charge in [0.1, 0.15) is 23.7 Å². The molecule has 0 aromatic heterocycles. The number of carbonyl (C=O) groups excluding carboxylic acids is 4. The van der Waals surface area contributed by atoms with Gasteiger partial charge in [-0.05, 0) is 46.0 Å². The van der Waals surface area contributed by atoms with E-state index < -0.39 is 47.5 Å². The number of hydrogen-bond acceptors (Lipinski definition) is 7. The summed E-state index contributed by atoms with van der Waals surface area (Å²) in [6, 6.07) is -2.72. The van der Waals surface area contributed by atoms with Gasteiger partial charge in [-0.2, -0.15) is 0 Å². The molecule has 0 aromatic rings. The fourth-order valence-electron chi connectivity index (χ4n) is 2.42. The number of hydrogen-bond donors (Lipinski definition) is 6. The van der Waals surface area contributed by atoms with Crippen LogP contribution in [-0.2, 0) is 19.1 Å². The number of nitrogens with one attached hydrogen (secondary N) is 5. The first kappa shape index (κ1) is 27.6. The van der Waals surface area contributed by atoms with Crippen molar-refractivity contribution >= 4 is 23.8 Å². The molecule has 3 atom stereocenters. The third-order valence-corrected chi connectivity index (χ3v) is 3.88. The van der Waals surface area contributed by atoms with Crippen LogP contribution in [0.5, 0.6) is 0 Å². The van der Waals surface area contributed by atoms with Gasteiger partial charge in [0.25, 0.3) is 5.91 Å². The van der Waals surface area contributed by atoms with Crippen LogP contribution in [0, 0.1) is 11.8 Å². The number of ether oxygens (including phenoxy) is 1. The highest BCUT2D eigenvalue weighted by Gasteiger charge is 2.29. The van der Waals surface area contributed by atoms with E-state index in [9.17, 15) is 19.2 Å². The number of carbonyl (C=O) groups is 4. The SMILES string of the molecule is CC(C)C[C@H](NC(=O)[C@H](C)NC(=O)[C@@H](NNC(=O)OC(C)(C)C)C(C)C)C(=O)NO. The summed E-state index contributed by atoms with van der Waals surface area (Å²) < 4.78 is 5.11. The summed E-state index contributed by atoms with van der Waals surface area (Å²) in [5.41, 5.74) is 5.78. The third kappa shape index (κ3) is 11.0. The predicted octanol–water partition coefficient (Wildman–Crippen LogP) is 0.581. The van der Waals surface area contributed by atoms with E-state index in [1.54, 1.807) is 34.6 Å². The average molecular weight is 432 g/mol. The van der Waals surface area contributed by atoms with Gasteiger partial charge in [-0.1, -0.05) is 27.7 Å². The molecule has 0 rings (SSSR count). The van der Waals surface area contributed by atoms with Gasteiger partial charge in [0.15, 0.2) is 0 Å². The average Bonchev–Trinajstić information content (AvgIpc) is 2.58. The number of rotatable bonds is 10. The Morgan fingerprint density at radius 3 is 1.90 bits per heavy atom. The molecule has 0 aliphatic carbocycles. The highest BCUT2D eigenvalue weighted by Crippen LogP contribution is 2.07. The summed E-state index contributed by atoms with van der Waals surface area (Å²) in [4.78, 5) is 48.5. The highest BCUT2D eigenvalue weighted by molar-refractivity contribution is 5.92. The smallest absolute Gasteiger partial charge is 0.422 e. The monoisotopic (exact) mass is 431 g/mol. The molecule has 0 saturated carbocycles. The summed E-state index contributed by atoms with van der Waals surface area (Å²) >= 11 is 0. The number of hydrazine groups is 1. The lowest BCUT2D eigenvalue weighted by atomic mass is 10.0. The Hall–Kier alpha value is -2.40. The van der Waals surface area contributed by atoms with Crippen LogP contribution in [-0.4, -0.2) is 52.7 Å². The van der Waals surface area contributed by atoms with E-state index in [-0.39, 0.29) is 11.8 Å². The lowest BCUT2D eigenvalue weighted by Crippen LogP contribution is -2.58. The molecule has 174 valence electrons. The van der Waals surface area contributed by atoms with Crippen molar-refractivity contribution in [2.24, 2.45) is 11.8 Å². The molecule has 0 aromatic carbocycles. The van der Waals surface area contributed by atoms with Crippen LogP contribution < -0.4 is 27.0 Å². The first-order valence-corrected chi connectivity index (χ1v) is 9.97. The molecule has 0 bridgehead atoms. The van der Waals surface area contributed by atoms with Gasteiger partial charge in [-0.25, -0.2) is 15.7 Å². The first-order chi connectivity index (χ1) is 13.7. The molecule has 0 heterocycles. The van der Waals surface area contributed by atoms with E-state index in [1.165, 1.54) is 12.4 Å². The van der Waals surface area contributed by atoms with Gasteiger partial charge in [0.2, 0.25) is 11.8 Å². The fraction of sp³-hybridized carbons (Fsp3) is 0.789. The van der Waals surface area contributed by atoms with Gasteiger partial charge in [-0.3, -0.25) is 25.0 Å². The Bertz CT molecular complexity index is 603. The molecule has 0 fully saturated rings. The maximum Gasteiger partial charge on any atom is 0.422 e. The molecule has 0 saturated heterocycles. The van der Waals surface area contributed by atoms with Crippen molar-refractivity contribution in [3.05, 3.63) is 0 Å². The van der Waals surface area contributed by atoms with Crippen LogP contribution in [0.15, 0.2) is 0 Å². The minimum Gasteiger partial charge on any atom is -0.443 e. The molecule has 30 heavy (non-hydrogen) atoms. The van der Waals surface area contributed by atoms with E-state index in [0.717, 1.165) is 0 Å². The third-order valence-electron chi connectivity index (χ3n) is 3.88. The maximum absolute atomic E-state index is 12.6. The standard InChI is InChI=1S/C19H37N5O6/c1-10(2)9-13(16(26)24-29)21-15(25)12(5)20-17(27)14(11(3)4)22-23-18(28)30-19(6,7)8/h10-14,22,29H,9H2,1-8H3,(H,20,27)(H,21,25)(H,23,28)(H,24,26)/t12-,13-,14-/m0/s1. The largest absolute Gasteiger partial charge is 0.443 e. The molecule has 0 aliphatic rings. The Kier molecular flexibility index (Phi) is 11.3. The lowest BCUT2D eigenvalue weighted by molar-refractivity contribution is -0.136. The minimum absolute atomic E-state index is 0.0888. The van der Waals surface area contributed by atoms with Crippen LogP contribution >= 0.6 is 0 Å². The Labute approximate surface area is 178 Å². The number of hydroxylamine groups is 1. The van der Waals surface area contributed by atoms with Gasteiger partial charge < -0.3 is 15.4 Å². The summed E-state index contributed by atoms with van der Waals surface area (Å²) in [6.45, 7) is 13.9. The molecular weight excluding hydrogens is 394 g/mol. The molecule has 0 unspecified atom stereocenters. The molecule has 0 spiro atoms. The number of amides is 4. The second kappa shape index (κ2) is 12.3. The second-order valence-electron chi connectivity index (χ2n) is 8.89. The zero-order chi connectivity index (χ0) is 23.6. The first-order valence-electron chi connectivity index (χ1n) is 9.97. The van der Waals surface area contributed by atoms with E-state index >= 15 is 0 Å². The van der Waals surface area contributed by atoms with Crippen molar-refractivity contribution in [2.45, 2.75) is 85.5 Å². The zero-order valence-electron chi connectivity index (χ0n) is 19.1. The molecule has 11 nitrogen and oxygen atoms in total. The highest BCUT2D eigenvalue weighted by atomic mass is 16.6. The van der Waals surface area contributed by atoms with Gasteiger partial charge in [0, 0.05) is 0 Å². The Morgan fingerprint density at radius 1 is 0.900 bits per heavy atom. The summed E-state index contributed by atoms with van der Waals surface area (Å²) in [5, 5.41) is 13.9. The van der Waals surface area contributed by atoms with Crippen molar-refractivity contribution < 1.29 is 29.1 Å². The molecule has 0 aliphatic heterocycles. The van der Waals surface area contributed by atoms with Crippen molar-refractivity contribution in [1.29, 1.82) is 0 Å². The second-order valence-corrected chi connectivity index (χ2v) is 8.89. The quantitative estimate of drug-likeness (QED) is 0.218. The van der Waals surface area contributed by atoms with Gasteiger partial charge >= 0.3 is 6.09 Å². The van der Waals surface area contributed by atoms with Crippen LogP contribution in [0.3, 0.4) is 0 Å². The van der Waals surface area contributed by atoms with Crippen LogP contribution in [0.2, 0.25) is 0 Å². The zero-order valence-corrected chi connectivity index (χ0v) is 19.1. The van der Waals surface area contributed by atoms with E-state index in [1.807, 2.05) is 13.8 Å². The normalized spacial score (nSPS) is 14.5. The van der Waals surface area contributed by atoms with Gasteiger partial charge in [-0.15, -0.1) is 0 Å². The van der Waals surface area contributed by atoms with Crippen molar-refractivity contribution in [2.75, 3.05) is 0 Å². The van der Waals surface area contributed by atoms with E-state index in [0.29, 0.717) is 6.42 Å². The molecule has 6 N–H and O–H groups in total. The van der Waals surface area contributed by atoms with E-state index in [4.69, 9.17) is 9.94 Å². The van der Waals surface area contributed by atoms with Crippen molar-refractivity contribution in [3.8, 4) is 0 Å². The van der Waals surface area contributed by atoms with Crippen LogP contribution in [0.4, 0.5) is 4.79 Å². The lowest BCUT2D eigenvalue weighted by Gasteiger charge is -2.26. The van der Waals surface area contributed by atoms with Crippen molar-refractivity contribution in [1.82, 2.24) is 27.0 Å².